The van der Waals surface area contributed by atoms with Crippen LogP contribution in [0.5, 0.6) is 0 Å². The topological polar surface area (TPSA) is 54.4 Å². The van der Waals surface area contributed by atoms with Gasteiger partial charge in [0, 0.05) is 0 Å². The van der Waals surface area contributed by atoms with E-state index in [2.05, 4.69) is 15.9 Å². The van der Waals surface area contributed by atoms with Crippen molar-refractivity contribution >= 4 is 39.0 Å². The van der Waals surface area contributed by atoms with Gasteiger partial charge in [-0.2, -0.15) is 0 Å². The maximum absolute atomic E-state index is 11.4. The molecule has 1 N–H and O–H groups in total. The Morgan fingerprint density at radius 3 is 2.77 bits per heavy atom. The number of hydrogen-bond donors (Lipinski definition) is 1. The van der Waals surface area contributed by atoms with E-state index in [4.69, 9.17) is 5.11 Å². The van der Waals surface area contributed by atoms with Crippen LogP contribution in [0.3, 0.4) is 0 Å². The maximum Gasteiger partial charge on any atom is 0.304 e. The summed E-state index contributed by atoms with van der Waals surface area (Å²) in [6, 6.07) is 3.45. The first-order chi connectivity index (χ1) is 6.11. The Hall–Kier alpha value is -0.680. The molecule has 0 aliphatic carbocycles. The normalized spacial score (nSPS) is 12.4. The van der Waals surface area contributed by atoms with Gasteiger partial charge in [0.15, 0.2) is 5.78 Å². The van der Waals surface area contributed by atoms with E-state index < -0.39 is 10.8 Å². The largest absolute Gasteiger partial charge is 0.481 e. The minimum atomic E-state index is -0.980. The summed E-state index contributed by atoms with van der Waals surface area (Å²) in [5, 5.41) is 10.2. The predicted octanol–water partition coefficient (Wildman–Crippen LogP) is 2.17. The van der Waals surface area contributed by atoms with Crippen molar-refractivity contribution in [2.75, 3.05) is 0 Å². The first-order valence-corrected chi connectivity index (χ1v) is 5.34. The lowest BCUT2D eigenvalue weighted by molar-refractivity contribution is -0.136. The van der Waals surface area contributed by atoms with Crippen LogP contribution in [0.2, 0.25) is 0 Å². The van der Waals surface area contributed by atoms with Crippen LogP contribution in [0.15, 0.2) is 17.5 Å². The second kappa shape index (κ2) is 4.53. The quantitative estimate of drug-likeness (QED) is 0.669. The van der Waals surface area contributed by atoms with Gasteiger partial charge < -0.3 is 5.11 Å². The lowest BCUT2D eigenvalue weighted by Crippen LogP contribution is -2.16. The molecule has 70 valence electrons. The van der Waals surface area contributed by atoms with Gasteiger partial charge in [0.2, 0.25) is 0 Å². The molecule has 0 saturated heterocycles. The average molecular weight is 263 g/mol. The molecule has 0 fully saturated rings. The molecule has 0 amide bonds. The van der Waals surface area contributed by atoms with E-state index in [1.807, 2.05) is 0 Å². The third-order valence-corrected chi connectivity index (χ3v) is 3.03. The van der Waals surface area contributed by atoms with Gasteiger partial charge >= 0.3 is 5.97 Å². The highest BCUT2D eigenvalue weighted by Crippen LogP contribution is 2.17. The van der Waals surface area contributed by atoms with Crippen molar-refractivity contribution in [3.8, 4) is 0 Å². The smallest absolute Gasteiger partial charge is 0.304 e. The third-order valence-electron chi connectivity index (χ3n) is 1.40. The van der Waals surface area contributed by atoms with Crippen LogP contribution < -0.4 is 0 Å². The SMILES string of the molecule is O=C(O)C[C@H](Br)C(=O)c1cccs1. The number of ketones is 1. The van der Waals surface area contributed by atoms with E-state index in [0.717, 1.165) is 0 Å². The molecule has 0 aliphatic heterocycles. The zero-order chi connectivity index (χ0) is 9.84. The van der Waals surface area contributed by atoms with E-state index in [1.165, 1.54) is 11.3 Å². The number of carboxylic acids is 1. The maximum atomic E-state index is 11.4. The van der Waals surface area contributed by atoms with Crippen molar-refractivity contribution in [1.82, 2.24) is 0 Å². The molecule has 0 unspecified atom stereocenters. The number of carbonyl (C=O) groups excluding carboxylic acids is 1. The summed E-state index contributed by atoms with van der Waals surface area (Å²) in [5.41, 5.74) is 0. The summed E-state index contributed by atoms with van der Waals surface area (Å²) in [7, 11) is 0. The summed E-state index contributed by atoms with van der Waals surface area (Å²) in [6.07, 6.45) is -0.184. The predicted molar refractivity (Wildman–Crippen MR) is 53.6 cm³/mol. The fourth-order valence-electron chi connectivity index (χ4n) is 0.819. The molecular weight excluding hydrogens is 256 g/mol. The van der Waals surface area contributed by atoms with Crippen molar-refractivity contribution in [3.05, 3.63) is 22.4 Å². The Morgan fingerprint density at radius 1 is 1.62 bits per heavy atom. The molecule has 1 aromatic rings. The second-order valence-corrected chi connectivity index (χ2v) is 4.46. The summed E-state index contributed by atoms with van der Waals surface area (Å²) in [5.74, 6) is -1.15. The second-order valence-electron chi connectivity index (χ2n) is 2.41. The van der Waals surface area contributed by atoms with Gasteiger partial charge in [-0.3, -0.25) is 9.59 Å². The number of carbonyl (C=O) groups is 2. The van der Waals surface area contributed by atoms with Gasteiger partial charge in [-0.05, 0) is 11.4 Å². The van der Waals surface area contributed by atoms with Crippen molar-refractivity contribution < 1.29 is 14.7 Å². The Bertz CT molecular complexity index is 307. The van der Waals surface area contributed by atoms with E-state index in [1.54, 1.807) is 17.5 Å². The molecule has 0 aliphatic rings. The standard InChI is InChI=1S/C8H7BrO3S/c9-5(4-7(10)11)8(12)6-2-1-3-13-6/h1-3,5H,4H2,(H,10,11)/t5-/m0/s1. The molecule has 0 saturated carbocycles. The van der Waals surface area contributed by atoms with Gasteiger partial charge in [-0.1, -0.05) is 22.0 Å². The molecule has 1 rings (SSSR count). The number of halogens is 1. The molecule has 0 spiro atoms. The zero-order valence-electron chi connectivity index (χ0n) is 6.57. The highest BCUT2D eigenvalue weighted by atomic mass is 79.9. The highest BCUT2D eigenvalue weighted by molar-refractivity contribution is 9.10. The summed E-state index contributed by atoms with van der Waals surface area (Å²) >= 11 is 4.36. The highest BCUT2D eigenvalue weighted by Gasteiger charge is 2.20. The first kappa shape index (κ1) is 10.4. The van der Waals surface area contributed by atoms with E-state index in [-0.39, 0.29) is 12.2 Å². The van der Waals surface area contributed by atoms with Crippen molar-refractivity contribution in [3.63, 3.8) is 0 Å². The summed E-state index contributed by atoms with van der Waals surface area (Å²) in [6.45, 7) is 0. The molecular formula is C8H7BrO3S. The number of hydrogen-bond acceptors (Lipinski definition) is 3. The van der Waals surface area contributed by atoms with Crippen molar-refractivity contribution in [2.45, 2.75) is 11.2 Å². The first-order valence-electron chi connectivity index (χ1n) is 3.55. The zero-order valence-corrected chi connectivity index (χ0v) is 8.97. The fourth-order valence-corrected chi connectivity index (χ4v) is 2.21. The van der Waals surface area contributed by atoms with E-state index >= 15 is 0 Å². The molecule has 1 aromatic heterocycles. The fraction of sp³-hybridized carbons (Fsp3) is 0.250. The monoisotopic (exact) mass is 262 g/mol. The van der Waals surface area contributed by atoms with Gasteiger partial charge in [-0.25, -0.2) is 0 Å². The molecule has 0 bridgehead atoms. The van der Waals surface area contributed by atoms with Gasteiger partial charge in [0.1, 0.15) is 0 Å². The van der Waals surface area contributed by atoms with Crippen LogP contribution in [0.4, 0.5) is 0 Å². The Kier molecular flexibility index (Phi) is 3.62. The molecule has 5 heteroatoms. The summed E-state index contributed by atoms with van der Waals surface area (Å²) in [4.78, 5) is 21.7. The van der Waals surface area contributed by atoms with E-state index in [0.29, 0.717) is 4.88 Å². The lowest BCUT2D eigenvalue weighted by atomic mass is 10.2. The van der Waals surface area contributed by atoms with E-state index in [9.17, 15) is 9.59 Å². The van der Waals surface area contributed by atoms with Gasteiger partial charge in [-0.15, -0.1) is 11.3 Å². The molecule has 3 nitrogen and oxygen atoms in total. The van der Waals surface area contributed by atoms with Crippen LogP contribution >= 0.6 is 27.3 Å². The molecule has 0 aromatic carbocycles. The van der Waals surface area contributed by atoms with Gasteiger partial charge in [0.05, 0.1) is 16.1 Å². The van der Waals surface area contributed by atoms with Crippen LogP contribution in [0, 0.1) is 0 Å². The third kappa shape index (κ3) is 2.93. The molecule has 1 heterocycles. The minimum Gasteiger partial charge on any atom is -0.481 e. The van der Waals surface area contributed by atoms with Crippen molar-refractivity contribution in [1.29, 1.82) is 0 Å². The van der Waals surface area contributed by atoms with Crippen LogP contribution in [0.1, 0.15) is 16.1 Å². The van der Waals surface area contributed by atoms with Crippen LogP contribution in [-0.4, -0.2) is 21.7 Å². The average Bonchev–Trinajstić information content (AvgIpc) is 2.53. The summed E-state index contributed by atoms with van der Waals surface area (Å²) < 4.78 is 0. The molecule has 13 heavy (non-hydrogen) atoms. The number of thiophene rings is 1. The number of aliphatic carboxylic acids is 1. The lowest BCUT2D eigenvalue weighted by Gasteiger charge is -2.02. The number of rotatable bonds is 4. The molecule has 0 radical (unpaired) electrons. The van der Waals surface area contributed by atoms with Crippen LogP contribution in [-0.2, 0) is 4.79 Å². The van der Waals surface area contributed by atoms with Crippen molar-refractivity contribution in [2.24, 2.45) is 0 Å². The Morgan fingerprint density at radius 2 is 2.31 bits per heavy atom. The minimum absolute atomic E-state index is 0.169. The molecule has 1 atom stereocenters. The van der Waals surface area contributed by atoms with Crippen LogP contribution in [0.25, 0.3) is 0 Å². The van der Waals surface area contributed by atoms with Gasteiger partial charge in [0.25, 0.3) is 0 Å². The number of alkyl halides is 1. The number of carboxylic acid groups (broad SMARTS) is 1. The Balaban J connectivity index is 2.63. The Labute approximate surface area is 87.5 Å². The number of Topliss-reactive ketones (excluding diaryl/α,β-unsaturated/α-hetero) is 1.